The predicted molar refractivity (Wildman–Crippen MR) is 196 cm³/mol. The topological polar surface area (TPSA) is 74.7 Å². The summed E-state index contributed by atoms with van der Waals surface area (Å²) in [5.74, 6) is -1.90. The van der Waals surface area contributed by atoms with Crippen molar-refractivity contribution in [2.45, 2.75) is 225 Å². The number of unbranched alkanes of at least 4 members (excludes halogenated alkanes) is 28. The first-order chi connectivity index (χ1) is 22.0. The van der Waals surface area contributed by atoms with Gasteiger partial charge in [-0.25, -0.2) is 4.79 Å². The highest BCUT2D eigenvalue weighted by molar-refractivity contribution is 7.80. The zero-order valence-corrected chi connectivity index (χ0v) is 30.9. The number of hydrogen-bond donors (Lipinski definition) is 2. The molecule has 0 radical (unpaired) electrons. The minimum atomic E-state index is -1.18. The highest BCUT2D eigenvalue weighted by atomic mass is 32.1. The number of hydrogen-bond acceptors (Lipinski definition) is 4. The van der Waals surface area contributed by atoms with Crippen LogP contribution in [0.15, 0.2) is 0 Å². The van der Waals surface area contributed by atoms with E-state index in [-0.39, 0.29) is 30.4 Å². The van der Waals surface area contributed by atoms with Crippen molar-refractivity contribution in [1.82, 2.24) is 4.90 Å². The van der Waals surface area contributed by atoms with Crippen molar-refractivity contribution in [3.05, 3.63) is 0 Å². The Balaban J connectivity index is 4.00. The normalized spacial score (nSPS) is 12.0. The number of imide groups is 1. The summed E-state index contributed by atoms with van der Waals surface area (Å²) in [4.78, 5) is 38.8. The van der Waals surface area contributed by atoms with Crippen LogP contribution in [0.4, 0.5) is 0 Å². The van der Waals surface area contributed by atoms with Gasteiger partial charge in [-0.05, 0) is 12.8 Å². The van der Waals surface area contributed by atoms with Gasteiger partial charge in [0, 0.05) is 18.6 Å². The summed E-state index contributed by atoms with van der Waals surface area (Å²) in [6, 6.07) is -1.18. The van der Waals surface area contributed by atoms with Gasteiger partial charge >= 0.3 is 5.97 Å². The van der Waals surface area contributed by atoms with Crippen LogP contribution in [0, 0.1) is 0 Å². The Morgan fingerprint density at radius 1 is 0.444 bits per heavy atom. The fraction of sp³-hybridized carbons (Fsp3) is 0.923. The molecule has 45 heavy (non-hydrogen) atoms. The molecule has 0 saturated heterocycles. The maximum Gasteiger partial charge on any atom is 0.327 e. The second kappa shape index (κ2) is 34.3. The van der Waals surface area contributed by atoms with E-state index in [1.165, 1.54) is 154 Å². The van der Waals surface area contributed by atoms with Crippen LogP contribution in [-0.2, 0) is 14.4 Å². The number of carbonyl (C=O) groups is 3. The number of rotatable bonds is 35. The molecule has 0 unspecified atom stereocenters. The van der Waals surface area contributed by atoms with Gasteiger partial charge in [0.15, 0.2) is 0 Å². The van der Waals surface area contributed by atoms with E-state index < -0.39 is 12.0 Å². The number of amides is 2. The number of thiol groups is 1. The number of aliphatic carboxylic acids is 1. The third-order valence-corrected chi connectivity index (χ3v) is 9.64. The van der Waals surface area contributed by atoms with Gasteiger partial charge in [0.1, 0.15) is 6.04 Å². The van der Waals surface area contributed by atoms with Crippen LogP contribution in [0.2, 0.25) is 0 Å². The Kier molecular flexibility index (Phi) is 33.5. The zero-order chi connectivity index (χ0) is 33.2. The van der Waals surface area contributed by atoms with Gasteiger partial charge in [-0.2, -0.15) is 12.6 Å². The molecule has 6 heteroatoms. The van der Waals surface area contributed by atoms with Crippen LogP contribution in [0.25, 0.3) is 0 Å². The monoisotopic (exact) mass is 654 g/mol. The first kappa shape index (κ1) is 44.0. The molecule has 0 fully saturated rings. The molecule has 5 nitrogen and oxygen atoms in total. The molecule has 0 bridgehead atoms. The van der Waals surface area contributed by atoms with E-state index >= 15 is 0 Å². The van der Waals surface area contributed by atoms with Gasteiger partial charge < -0.3 is 5.11 Å². The SMILES string of the molecule is CCCCCCCCCCCCCCCCCC(=O)N(C(=O)CCCCCCCCCCCCCCCCC)[C@@H](CS)C(=O)O. The Labute approximate surface area is 285 Å². The summed E-state index contributed by atoms with van der Waals surface area (Å²) in [5, 5.41) is 9.65. The van der Waals surface area contributed by atoms with Crippen LogP contribution in [-0.4, -0.2) is 39.6 Å². The van der Waals surface area contributed by atoms with Crippen molar-refractivity contribution in [3.63, 3.8) is 0 Å². The molecule has 0 aliphatic carbocycles. The van der Waals surface area contributed by atoms with E-state index in [9.17, 15) is 19.5 Å². The maximum absolute atomic E-state index is 13.0. The lowest BCUT2D eigenvalue weighted by Gasteiger charge is -2.26. The molecule has 2 amide bonds. The van der Waals surface area contributed by atoms with Gasteiger partial charge in [-0.3, -0.25) is 14.5 Å². The summed E-state index contributed by atoms with van der Waals surface area (Å²) >= 11 is 4.16. The molecule has 266 valence electrons. The standard InChI is InChI=1S/C39H75NO4S/c1-3-5-7-9-11-13-15-17-19-21-23-25-27-29-31-33-37(41)40(36(35-45)39(43)44)38(42)34-32-30-28-26-24-22-20-18-16-14-12-10-8-6-4-2/h36,45H,3-35H2,1-2H3,(H,43,44)/t36-/m0/s1. The molecule has 0 aliphatic rings. The second-order valence-electron chi connectivity index (χ2n) is 13.6. The Morgan fingerprint density at radius 2 is 0.667 bits per heavy atom. The highest BCUT2D eigenvalue weighted by Crippen LogP contribution is 2.17. The average Bonchev–Trinajstić information content (AvgIpc) is 3.03. The van der Waals surface area contributed by atoms with Crippen LogP contribution >= 0.6 is 12.6 Å². The average molecular weight is 654 g/mol. The van der Waals surface area contributed by atoms with Gasteiger partial charge in [-0.15, -0.1) is 0 Å². The first-order valence-electron chi connectivity index (χ1n) is 19.7. The second-order valence-corrected chi connectivity index (χ2v) is 14.0. The van der Waals surface area contributed by atoms with Crippen molar-refractivity contribution in [2.24, 2.45) is 0 Å². The molecular weight excluding hydrogens is 578 g/mol. The highest BCUT2D eigenvalue weighted by Gasteiger charge is 2.32. The van der Waals surface area contributed by atoms with E-state index in [0.29, 0.717) is 12.8 Å². The van der Waals surface area contributed by atoms with E-state index in [1.807, 2.05) is 0 Å². The smallest absolute Gasteiger partial charge is 0.327 e. The summed E-state index contributed by atoms with van der Waals surface area (Å²) < 4.78 is 0. The molecular formula is C39H75NO4S. The van der Waals surface area contributed by atoms with Crippen molar-refractivity contribution in [2.75, 3.05) is 5.75 Å². The van der Waals surface area contributed by atoms with Gasteiger partial charge in [0.25, 0.3) is 0 Å². The zero-order valence-electron chi connectivity index (χ0n) is 30.0. The van der Waals surface area contributed by atoms with E-state index in [2.05, 4.69) is 26.5 Å². The molecule has 0 saturated carbocycles. The molecule has 1 atom stereocenters. The van der Waals surface area contributed by atoms with Crippen LogP contribution in [0.5, 0.6) is 0 Å². The van der Waals surface area contributed by atoms with E-state index in [0.717, 1.165) is 30.6 Å². The summed E-state index contributed by atoms with van der Waals surface area (Å²) in [6.07, 6.45) is 38.0. The maximum atomic E-state index is 13.0. The fourth-order valence-corrected chi connectivity index (χ4v) is 6.61. The van der Waals surface area contributed by atoms with Crippen LogP contribution < -0.4 is 0 Å². The van der Waals surface area contributed by atoms with Gasteiger partial charge in [0.05, 0.1) is 0 Å². The quantitative estimate of drug-likeness (QED) is 0.0527. The van der Waals surface area contributed by atoms with E-state index in [1.54, 1.807) is 0 Å². The number of carboxylic acid groups (broad SMARTS) is 1. The van der Waals surface area contributed by atoms with Crippen molar-refractivity contribution >= 4 is 30.4 Å². The molecule has 0 aromatic heterocycles. The van der Waals surface area contributed by atoms with Crippen molar-refractivity contribution in [1.29, 1.82) is 0 Å². The lowest BCUT2D eigenvalue weighted by molar-refractivity contribution is -0.157. The third-order valence-electron chi connectivity index (χ3n) is 9.30. The lowest BCUT2D eigenvalue weighted by Crippen LogP contribution is -2.49. The van der Waals surface area contributed by atoms with Crippen LogP contribution in [0.3, 0.4) is 0 Å². The number of carboxylic acids is 1. The molecule has 0 rings (SSSR count). The molecule has 0 aromatic rings. The molecule has 1 N–H and O–H groups in total. The Hall–Kier alpha value is -1.04. The Morgan fingerprint density at radius 3 is 0.867 bits per heavy atom. The molecule has 0 aromatic carbocycles. The summed E-state index contributed by atoms with van der Waals surface area (Å²) in [7, 11) is 0. The molecule has 0 spiro atoms. The van der Waals surface area contributed by atoms with Crippen molar-refractivity contribution in [3.8, 4) is 0 Å². The number of nitrogens with zero attached hydrogens (tertiary/aromatic N) is 1. The van der Waals surface area contributed by atoms with Gasteiger partial charge in [-0.1, -0.05) is 194 Å². The fourth-order valence-electron chi connectivity index (χ4n) is 6.29. The summed E-state index contributed by atoms with van der Waals surface area (Å²) in [5.41, 5.74) is 0. The number of carbonyl (C=O) groups excluding carboxylic acids is 2. The Bertz CT molecular complexity index is 640. The van der Waals surface area contributed by atoms with Crippen LogP contribution in [0.1, 0.15) is 219 Å². The lowest BCUT2D eigenvalue weighted by atomic mass is 10.0. The molecule has 0 heterocycles. The minimum Gasteiger partial charge on any atom is -0.480 e. The largest absolute Gasteiger partial charge is 0.480 e. The molecule has 0 aliphatic heterocycles. The van der Waals surface area contributed by atoms with Crippen molar-refractivity contribution < 1.29 is 19.5 Å². The summed E-state index contributed by atoms with van der Waals surface area (Å²) in [6.45, 7) is 4.53. The minimum absolute atomic E-state index is 0.0511. The predicted octanol–water partition coefficient (Wildman–Crippen LogP) is 12.2. The first-order valence-corrected chi connectivity index (χ1v) is 20.3. The van der Waals surface area contributed by atoms with Gasteiger partial charge in [0.2, 0.25) is 11.8 Å². The third kappa shape index (κ3) is 27.8. The van der Waals surface area contributed by atoms with E-state index in [4.69, 9.17) is 0 Å².